The molecule has 0 radical (unpaired) electrons. The summed E-state index contributed by atoms with van der Waals surface area (Å²) in [5.74, 6) is -0.976. The Labute approximate surface area is 124 Å². The Hall–Kier alpha value is -1.77. The number of hydrogen-bond acceptors (Lipinski definition) is 4. The van der Waals surface area contributed by atoms with Gasteiger partial charge in [-0.25, -0.2) is 8.42 Å². The quantitative estimate of drug-likeness (QED) is 0.826. The first kappa shape index (κ1) is 15.1. The van der Waals surface area contributed by atoms with Crippen LogP contribution in [0.15, 0.2) is 24.3 Å². The van der Waals surface area contributed by atoms with Crippen LogP contribution in [0.2, 0.25) is 0 Å². The van der Waals surface area contributed by atoms with Gasteiger partial charge in [0, 0.05) is 18.0 Å². The zero-order valence-corrected chi connectivity index (χ0v) is 12.0. The van der Waals surface area contributed by atoms with Gasteiger partial charge in [-0.3, -0.25) is 4.79 Å². The Bertz CT molecular complexity index is 699. The summed E-state index contributed by atoms with van der Waals surface area (Å²) in [6.45, 7) is 0. The monoisotopic (exact) mass is 335 g/mol. The maximum Gasteiger partial charge on any atom is 0.573 e. The molecule has 9 heteroatoms. The van der Waals surface area contributed by atoms with Gasteiger partial charge in [0.05, 0.1) is 17.5 Å². The summed E-state index contributed by atoms with van der Waals surface area (Å²) < 4.78 is 63.4. The standard InChI is InChI=1S/C13H12F3NO4S/c14-13(15,16)21-10-3-1-9(2-4-10)17-11-7-22(19,20)6-8(11)5-12(17)18/h1-4,8,11H,5-7H2/t8-,11+/m0/s1. The minimum absolute atomic E-state index is 0.0187. The number of fused-ring (bicyclic) bond motifs is 1. The number of halogens is 3. The molecular weight excluding hydrogens is 323 g/mol. The number of anilines is 1. The van der Waals surface area contributed by atoms with Crippen molar-refractivity contribution in [2.45, 2.75) is 18.8 Å². The summed E-state index contributed by atoms with van der Waals surface area (Å²) in [5.41, 5.74) is 0.379. The first-order valence-corrected chi connectivity index (χ1v) is 8.35. The Morgan fingerprint density at radius 2 is 1.77 bits per heavy atom. The summed E-state index contributed by atoms with van der Waals surface area (Å²) in [7, 11) is -3.17. The molecule has 0 spiro atoms. The molecule has 22 heavy (non-hydrogen) atoms. The molecule has 2 fully saturated rings. The fourth-order valence-corrected chi connectivity index (χ4v) is 5.10. The number of benzene rings is 1. The molecule has 0 aromatic heterocycles. The van der Waals surface area contributed by atoms with Crippen molar-refractivity contribution in [1.29, 1.82) is 0 Å². The number of nitrogens with zero attached hydrogens (tertiary/aromatic N) is 1. The average Bonchev–Trinajstić information content (AvgIpc) is 2.79. The van der Waals surface area contributed by atoms with Gasteiger partial charge in [-0.15, -0.1) is 13.2 Å². The highest BCUT2D eigenvalue weighted by Gasteiger charge is 2.49. The lowest BCUT2D eigenvalue weighted by Gasteiger charge is -2.23. The zero-order chi connectivity index (χ0) is 16.1. The van der Waals surface area contributed by atoms with Gasteiger partial charge in [0.2, 0.25) is 5.91 Å². The van der Waals surface area contributed by atoms with Gasteiger partial charge >= 0.3 is 6.36 Å². The summed E-state index contributed by atoms with van der Waals surface area (Å²) >= 11 is 0. The Morgan fingerprint density at radius 1 is 1.14 bits per heavy atom. The number of carbonyl (C=O) groups excluding carboxylic acids is 1. The Balaban J connectivity index is 1.83. The molecule has 0 N–H and O–H groups in total. The zero-order valence-electron chi connectivity index (χ0n) is 11.2. The van der Waals surface area contributed by atoms with Crippen molar-refractivity contribution in [3.05, 3.63) is 24.3 Å². The summed E-state index contributed by atoms with van der Waals surface area (Å²) in [4.78, 5) is 13.4. The van der Waals surface area contributed by atoms with Crippen LogP contribution >= 0.6 is 0 Å². The third-order valence-electron chi connectivity index (χ3n) is 3.82. The fraction of sp³-hybridized carbons (Fsp3) is 0.462. The van der Waals surface area contributed by atoms with Crippen molar-refractivity contribution >= 4 is 21.4 Å². The molecule has 0 saturated carbocycles. The minimum atomic E-state index is -4.78. The van der Waals surface area contributed by atoms with E-state index in [2.05, 4.69) is 4.74 Å². The van der Waals surface area contributed by atoms with Crippen LogP contribution < -0.4 is 9.64 Å². The van der Waals surface area contributed by atoms with Crippen LogP contribution in [0.3, 0.4) is 0 Å². The number of hydrogen-bond donors (Lipinski definition) is 0. The molecule has 0 bridgehead atoms. The van der Waals surface area contributed by atoms with Gasteiger partial charge in [-0.1, -0.05) is 0 Å². The lowest BCUT2D eigenvalue weighted by molar-refractivity contribution is -0.274. The van der Waals surface area contributed by atoms with Crippen LogP contribution in [0.1, 0.15) is 6.42 Å². The smallest absolute Gasteiger partial charge is 0.406 e. The van der Waals surface area contributed by atoms with Crippen LogP contribution in [0.5, 0.6) is 5.75 Å². The van der Waals surface area contributed by atoms with E-state index in [-0.39, 0.29) is 29.8 Å². The molecule has 1 aromatic rings. The average molecular weight is 335 g/mol. The molecule has 120 valence electrons. The molecule has 0 aliphatic carbocycles. The van der Waals surface area contributed by atoms with Crippen molar-refractivity contribution < 1.29 is 31.1 Å². The number of alkyl halides is 3. The number of rotatable bonds is 2. The molecule has 5 nitrogen and oxygen atoms in total. The van der Waals surface area contributed by atoms with Crippen molar-refractivity contribution in [3.8, 4) is 5.75 Å². The van der Waals surface area contributed by atoms with E-state index in [0.29, 0.717) is 5.69 Å². The Kier molecular flexibility index (Phi) is 3.35. The van der Waals surface area contributed by atoms with Crippen LogP contribution in [-0.4, -0.2) is 38.2 Å². The molecule has 2 heterocycles. The molecule has 0 unspecified atom stereocenters. The summed E-state index contributed by atoms with van der Waals surface area (Å²) in [6.07, 6.45) is -4.64. The van der Waals surface area contributed by atoms with Crippen molar-refractivity contribution in [1.82, 2.24) is 0 Å². The molecule has 2 aliphatic heterocycles. The van der Waals surface area contributed by atoms with E-state index >= 15 is 0 Å². The summed E-state index contributed by atoms with van der Waals surface area (Å²) in [5, 5.41) is 0. The highest BCUT2D eigenvalue weighted by atomic mass is 32.2. The largest absolute Gasteiger partial charge is 0.573 e. The van der Waals surface area contributed by atoms with E-state index in [4.69, 9.17) is 0 Å². The van der Waals surface area contributed by atoms with Gasteiger partial charge in [-0.2, -0.15) is 0 Å². The molecular formula is C13H12F3NO4S. The van der Waals surface area contributed by atoms with Gasteiger partial charge in [-0.05, 0) is 24.3 Å². The van der Waals surface area contributed by atoms with Gasteiger partial charge in [0.15, 0.2) is 9.84 Å². The second-order valence-electron chi connectivity index (χ2n) is 5.41. The molecule has 3 rings (SSSR count). The number of amides is 1. The van der Waals surface area contributed by atoms with Crippen LogP contribution in [-0.2, 0) is 14.6 Å². The minimum Gasteiger partial charge on any atom is -0.406 e. The molecule has 1 amide bonds. The van der Waals surface area contributed by atoms with Gasteiger partial charge in [0.1, 0.15) is 5.75 Å². The van der Waals surface area contributed by atoms with E-state index in [0.717, 1.165) is 12.1 Å². The third kappa shape index (κ3) is 2.90. The van der Waals surface area contributed by atoms with Gasteiger partial charge < -0.3 is 9.64 Å². The lowest BCUT2D eigenvalue weighted by Crippen LogP contribution is -2.36. The maximum absolute atomic E-state index is 12.1. The maximum atomic E-state index is 12.1. The van der Waals surface area contributed by atoms with Crippen molar-refractivity contribution in [2.75, 3.05) is 16.4 Å². The van der Waals surface area contributed by atoms with E-state index in [1.807, 2.05) is 0 Å². The normalized spacial score (nSPS) is 27.0. The van der Waals surface area contributed by atoms with E-state index in [1.54, 1.807) is 0 Å². The first-order valence-electron chi connectivity index (χ1n) is 6.53. The fourth-order valence-electron chi connectivity index (χ4n) is 3.03. The van der Waals surface area contributed by atoms with Crippen LogP contribution in [0.4, 0.5) is 18.9 Å². The van der Waals surface area contributed by atoms with Crippen LogP contribution in [0, 0.1) is 5.92 Å². The summed E-state index contributed by atoms with van der Waals surface area (Å²) in [6, 6.07) is 4.42. The second-order valence-corrected chi connectivity index (χ2v) is 7.57. The number of ether oxygens (including phenoxy) is 1. The highest BCUT2D eigenvalue weighted by Crippen LogP contribution is 2.37. The molecule has 2 saturated heterocycles. The third-order valence-corrected chi connectivity index (χ3v) is 5.61. The first-order chi connectivity index (χ1) is 10.1. The predicted molar refractivity (Wildman–Crippen MR) is 71.2 cm³/mol. The number of carbonyl (C=O) groups is 1. The van der Waals surface area contributed by atoms with E-state index in [9.17, 15) is 26.4 Å². The predicted octanol–water partition coefficient (Wildman–Crippen LogP) is 1.74. The SMILES string of the molecule is O=C1C[C@H]2CS(=O)(=O)C[C@H]2N1c1ccc(OC(F)(F)F)cc1. The molecule has 1 aromatic carbocycles. The topological polar surface area (TPSA) is 63.7 Å². The van der Waals surface area contributed by atoms with E-state index in [1.165, 1.54) is 17.0 Å². The van der Waals surface area contributed by atoms with Crippen LogP contribution in [0.25, 0.3) is 0 Å². The highest BCUT2D eigenvalue weighted by molar-refractivity contribution is 7.91. The van der Waals surface area contributed by atoms with Crippen molar-refractivity contribution in [3.63, 3.8) is 0 Å². The lowest BCUT2D eigenvalue weighted by atomic mass is 10.0. The molecule has 2 aliphatic rings. The Morgan fingerprint density at radius 3 is 2.36 bits per heavy atom. The van der Waals surface area contributed by atoms with Gasteiger partial charge in [0.25, 0.3) is 0 Å². The number of sulfone groups is 1. The van der Waals surface area contributed by atoms with Crippen molar-refractivity contribution in [2.24, 2.45) is 5.92 Å². The van der Waals surface area contributed by atoms with E-state index < -0.39 is 28.0 Å². The second kappa shape index (κ2) is 4.87. The molecule has 2 atom stereocenters.